The second-order valence-electron chi connectivity index (χ2n) is 3.88. The van der Waals surface area contributed by atoms with E-state index in [9.17, 15) is 16.8 Å². The third-order valence-corrected chi connectivity index (χ3v) is 4.00. The van der Waals surface area contributed by atoms with Gasteiger partial charge in [0.25, 0.3) is 10.1 Å². The standard InChI is InChI=1S/C6H5Cl2N.C4H9NO5S2/c7-4-2-1-3-5(8)6(4)9;1-4(5-11(6)7)2-3-12(8,9)10/h1-3H,9H2;4H,2-3H2,1H3,(H,8,9,10). The maximum absolute atomic E-state index is 10.2. The van der Waals surface area contributed by atoms with E-state index in [1.807, 2.05) is 0 Å². The fourth-order valence-corrected chi connectivity index (χ4v) is 2.47. The Morgan fingerprint density at radius 1 is 1.33 bits per heavy atom. The first-order valence-electron chi connectivity index (χ1n) is 5.47. The molecule has 1 aromatic rings. The van der Waals surface area contributed by atoms with Gasteiger partial charge >= 0.3 is 10.5 Å². The van der Waals surface area contributed by atoms with Crippen molar-refractivity contribution in [3.63, 3.8) is 0 Å². The number of anilines is 1. The second kappa shape index (κ2) is 9.21. The van der Waals surface area contributed by atoms with Crippen molar-refractivity contribution in [2.45, 2.75) is 19.4 Å². The molecule has 0 bridgehead atoms. The molecule has 120 valence electrons. The summed E-state index contributed by atoms with van der Waals surface area (Å²) in [7, 11) is -6.54. The first-order valence-corrected chi connectivity index (χ1v) is 8.87. The molecule has 0 aliphatic carbocycles. The van der Waals surface area contributed by atoms with E-state index in [0.29, 0.717) is 15.7 Å². The topological polar surface area (TPSA) is 127 Å². The quantitative estimate of drug-likeness (QED) is 0.612. The molecule has 1 unspecified atom stereocenters. The molecule has 21 heavy (non-hydrogen) atoms. The molecular weight excluding hydrogens is 363 g/mol. The van der Waals surface area contributed by atoms with E-state index in [-0.39, 0.29) is 6.42 Å². The van der Waals surface area contributed by atoms with Crippen LogP contribution < -0.4 is 5.73 Å². The number of benzene rings is 1. The third-order valence-electron chi connectivity index (χ3n) is 2.06. The number of nitrogen functional groups attached to an aromatic ring is 1. The Hall–Kier alpha value is -0.870. The molecule has 1 atom stereocenters. The van der Waals surface area contributed by atoms with E-state index in [0.717, 1.165) is 0 Å². The molecule has 1 aromatic carbocycles. The first kappa shape index (κ1) is 20.1. The molecule has 0 spiro atoms. The van der Waals surface area contributed by atoms with Gasteiger partial charge in [-0.05, 0) is 25.5 Å². The average molecular weight is 377 g/mol. The Morgan fingerprint density at radius 2 is 1.81 bits per heavy atom. The number of halogens is 2. The molecular formula is C10H14Cl2N2O5S2. The van der Waals surface area contributed by atoms with Crippen LogP contribution in [0.4, 0.5) is 5.69 Å². The van der Waals surface area contributed by atoms with Gasteiger partial charge in [0.1, 0.15) is 0 Å². The van der Waals surface area contributed by atoms with Gasteiger partial charge in [-0.3, -0.25) is 4.55 Å². The predicted octanol–water partition coefficient (Wildman–Crippen LogP) is 2.29. The van der Waals surface area contributed by atoms with E-state index in [4.69, 9.17) is 33.5 Å². The zero-order chi connectivity index (χ0) is 16.6. The molecule has 0 aliphatic heterocycles. The lowest BCUT2D eigenvalue weighted by atomic mass is 10.3. The average Bonchev–Trinajstić information content (AvgIpc) is 2.33. The molecule has 11 heteroatoms. The van der Waals surface area contributed by atoms with Crippen LogP contribution >= 0.6 is 23.2 Å². The highest BCUT2D eigenvalue weighted by Crippen LogP contribution is 2.25. The second-order valence-corrected chi connectivity index (χ2v) is 6.91. The Kier molecular flexibility index (Phi) is 8.83. The van der Waals surface area contributed by atoms with Gasteiger partial charge in [0, 0.05) is 0 Å². The Bertz CT molecular complexity index is 676. The first-order chi connectivity index (χ1) is 9.53. The zero-order valence-electron chi connectivity index (χ0n) is 10.9. The molecule has 0 saturated carbocycles. The molecule has 3 N–H and O–H groups in total. The fourth-order valence-electron chi connectivity index (χ4n) is 1.03. The van der Waals surface area contributed by atoms with Crippen LogP contribution in [0.1, 0.15) is 13.3 Å². The Balaban J connectivity index is 0.000000394. The summed E-state index contributed by atoms with van der Waals surface area (Å²) in [4.78, 5) is 0. The molecule has 0 saturated heterocycles. The minimum Gasteiger partial charge on any atom is -0.396 e. The van der Waals surface area contributed by atoms with Gasteiger partial charge < -0.3 is 5.73 Å². The van der Waals surface area contributed by atoms with Crippen LogP contribution in [0.15, 0.2) is 22.6 Å². The van der Waals surface area contributed by atoms with Gasteiger partial charge in [0.05, 0.1) is 27.5 Å². The van der Waals surface area contributed by atoms with Crippen LogP contribution in [0.5, 0.6) is 0 Å². The Labute approximate surface area is 134 Å². The van der Waals surface area contributed by atoms with Crippen LogP contribution in [-0.4, -0.2) is 33.2 Å². The molecule has 0 heterocycles. The van der Waals surface area contributed by atoms with E-state index in [1.165, 1.54) is 6.92 Å². The summed E-state index contributed by atoms with van der Waals surface area (Å²) in [6, 6.07) is 4.53. The lowest BCUT2D eigenvalue weighted by Crippen LogP contribution is -2.09. The highest BCUT2D eigenvalue weighted by molar-refractivity contribution is 7.85. The van der Waals surface area contributed by atoms with Crippen molar-refractivity contribution in [3.8, 4) is 0 Å². The van der Waals surface area contributed by atoms with Crippen molar-refractivity contribution >= 4 is 49.5 Å². The molecule has 0 amide bonds. The SMILES string of the molecule is CC(CCS(=O)(=O)O)N=S(=O)=O.Nc1c(Cl)cccc1Cl. The summed E-state index contributed by atoms with van der Waals surface area (Å²) in [5.74, 6) is -0.477. The molecule has 0 aliphatic rings. The summed E-state index contributed by atoms with van der Waals surface area (Å²) >= 11 is 11.2. The third kappa shape index (κ3) is 10.5. The van der Waals surface area contributed by atoms with E-state index in [2.05, 4.69) is 4.36 Å². The predicted molar refractivity (Wildman–Crippen MR) is 82.7 cm³/mol. The van der Waals surface area contributed by atoms with Crippen LogP contribution in [0.25, 0.3) is 0 Å². The van der Waals surface area contributed by atoms with E-state index < -0.39 is 32.4 Å². The lowest BCUT2D eigenvalue weighted by molar-refractivity contribution is 0.478. The van der Waals surface area contributed by atoms with Crippen molar-refractivity contribution in [1.82, 2.24) is 0 Å². The number of hydrogen-bond donors (Lipinski definition) is 2. The van der Waals surface area contributed by atoms with Gasteiger partial charge in [-0.15, -0.1) is 0 Å². The van der Waals surface area contributed by atoms with Crippen LogP contribution in [0.3, 0.4) is 0 Å². The molecule has 1 rings (SSSR count). The van der Waals surface area contributed by atoms with Gasteiger partial charge in [0.2, 0.25) is 0 Å². The van der Waals surface area contributed by atoms with Crippen molar-refractivity contribution in [2.24, 2.45) is 4.36 Å². The summed E-state index contributed by atoms with van der Waals surface area (Å²) in [6.45, 7) is 1.45. The van der Waals surface area contributed by atoms with Gasteiger partial charge in [-0.2, -0.15) is 21.2 Å². The van der Waals surface area contributed by atoms with Gasteiger partial charge in [-0.1, -0.05) is 29.3 Å². The van der Waals surface area contributed by atoms with Crippen molar-refractivity contribution in [2.75, 3.05) is 11.5 Å². The minimum atomic E-state index is -4.02. The smallest absolute Gasteiger partial charge is 0.311 e. The molecule has 7 nitrogen and oxygen atoms in total. The maximum Gasteiger partial charge on any atom is 0.311 e. The maximum atomic E-state index is 10.2. The molecule has 0 radical (unpaired) electrons. The lowest BCUT2D eigenvalue weighted by Gasteiger charge is -1.99. The van der Waals surface area contributed by atoms with Crippen LogP contribution in [0.2, 0.25) is 10.0 Å². The summed E-state index contributed by atoms with van der Waals surface area (Å²) in [5.41, 5.74) is 5.86. The zero-order valence-corrected chi connectivity index (χ0v) is 14.0. The number of nitrogens with zero attached hydrogens (tertiary/aromatic N) is 1. The summed E-state index contributed by atoms with van der Waals surface area (Å²) < 4.78 is 51.7. The van der Waals surface area contributed by atoms with Crippen molar-refractivity contribution < 1.29 is 21.4 Å². The van der Waals surface area contributed by atoms with Crippen molar-refractivity contribution in [1.29, 1.82) is 0 Å². The number of rotatable bonds is 4. The highest BCUT2D eigenvalue weighted by Gasteiger charge is 2.08. The van der Waals surface area contributed by atoms with Crippen LogP contribution in [0, 0.1) is 0 Å². The normalized spacial score (nSPS) is 12.0. The summed E-state index contributed by atoms with van der Waals surface area (Å²) in [6.07, 6.45) is -0.00713. The Morgan fingerprint density at radius 3 is 2.14 bits per heavy atom. The largest absolute Gasteiger partial charge is 0.396 e. The molecule has 0 aromatic heterocycles. The van der Waals surface area contributed by atoms with Gasteiger partial charge in [-0.25, -0.2) is 0 Å². The van der Waals surface area contributed by atoms with Gasteiger partial charge in [0.15, 0.2) is 0 Å². The van der Waals surface area contributed by atoms with E-state index >= 15 is 0 Å². The number of nitrogens with two attached hydrogens (primary N) is 1. The minimum absolute atomic E-state index is 0.00713. The molecule has 0 fully saturated rings. The number of para-hydroxylation sites is 1. The monoisotopic (exact) mass is 376 g/mol. The number of hydrogen-bond acceptors (Lipinski definition) is 6. The highest BCUT2D eigenvalue weighted by atomic mass is 35.5. The summed E-state index contributed by atoms with van der Waals surface area (Å²) in [5, 5.41) is 1.00. The fraction of sp³-hybridized carbons (Fsp3) is 0.400. The van der Waals surface area contributed by atoms with Crippen molar-refractivity contribution in [3.05, 3.63) is 28.2 Å². The van der Waals surface area contributed by atoms with Crippen LogP contribution in [-0.2, 0) is 20.6 Å². The van der Waals surface area contributed by atoms with E-state index in [1.54, 1.807) is 18.2 Å².